The van der Waals surface area contributed by atoms with Gasteiger partial charge >= 0.3 is 0 Å². The lowest BCUT2D eigenvalue weighted by Gasteiger charge is -2.19. The monoisotopic (exact) mass is 1080 g/mol. The number of fused-ring (bicyclic) bond motifs is 2. The average molecular weight is 1080 g/mol. The number of anilines is 5. The molecular weight excluding hydrogens is 1000 g/mol. The number of nitrogen functional groups attached to an aromatic ring is 2. The SMILES string of the molecule is C=C1C=C(NCCCCCCNC(=O)c2ccc(-c3ccc(C(=O)NCCCCCCNc4cc5c(cc4C)nc4cc(C)c(N)cc4[n+]5-c4ccccc4C)cc3)cc2)C(C)=CC1=Nc1cc(C)c(N)cc1Nc1ccccc1C. The van der Waals surface area contributed by atoms with Crippen LogP contribution in [0.25, 0.3) is 38.9 Å². The van der Waals surface area contributed by atoms with Gasteiger partial charge in [0.1, 0.15) is 11.0 Å². The Labute approximate surface area is 477 Å². The lowest BCUT2D eigenvalue weighted by Crippen LogP contribution is -2.34. The number of hydrogen-bond donors (Lipinski definition) is 7. The summed E-state index contributed by atoms with van der Waals surface area (Å²) in [6.45, 7) is 19.7. The fourth-order valence-corrected chi connectivity index (χ4v) is 10.3. The third-order valence-corrected chi connectivity index (χ3v) is 15.3. The first-order valence-electron chi connectivity index (χ1n) is 28.5. The number of para-hydroxylation sites is 2. The zero-order valence-corrected chi connectivity index (χ0v) is 47.9. The number of aliphatic imine (C=N–C) groups is 1. The molecule has 0 saturated carbocycles. The van der Waals surface area contributed by atoms with Gasteiger partial charge in [0.05, 0.1) is 17.1 Å². The molecular formula is C69H77N10O2+. The van der Waals surface area contributed by atoms with Crippen molar-refractivity contribution in [2.45, 2.75) is 92.9 Å². The summed E-state index contributed by atoms with van der Waals surface area (Å²) in [7, 11) is 0. The molecule has 0 aliphatic heterocycles. The second-order valence-electron chi connectivity index (χ2n) is 21.5. The van der Waals surface area contributed by atoms with Crippen LogP contribution in [0.3, 0.4) is 0 Å². The number of carbonyl (C=O) groups excluding carboxylic acids is 2. The van der Waals surface area contributed by atoms with Gasteiger partial charge in [-0.3, -0.25) is 9.59 Å². The molecule has 9 N–H and O–H groups in total. The molecule has 0 unspecified atom stereocenters. The van der Waals surface area contributed by atoms with Gasteiger partial charge < -0.3 is 38.1 Å². The molecule has 414 valence electrons. The largest absolute Gasteiger partial charge is 0.398 e. The highest BCUT2D eigenvalue weighted by Crippen LogP contribution is 2.35. The number of nitrogens with two attached hydrogens (primary N) is 2. The minimum Gasteiger partial charge on any atom is -0.398 e. The summed E-state index contributed by atoms with van der Waals surface area (Å²) in [5, 5.41) is 17.0. The number of carbonyl (C=O) groups is 2. The standard InChI is InChI=1S/C69H76N10O2/c1-44-20-12-14-22-57(44)76-62-41-55(70)46(3)36-61(62)77-60-39-48(5)58(38-50(60)7)72-32-16-8-10-18-34-74-68(80)53-28-24-51(25-29-53)52-26-30-54(31-27-52)69(81)75-35-19-11-9-17-33-73-59-43-67-64(40-49(59)6)78-63-37-47(4)56(71)42-66(63)79(67)65-23-15-13-21-45(65)2/h12-15,20-31,36-43,72,76H,7-11,16-19,32-35,70H2,1-6H3,(H4,71,73,74,75,80,81)/p+1. The molecule has 0 atom stereocenters. The van der Waals surface area contributed by atoms with Crippen molar-refractivity contribution in [1.29, 1.82) is 0 Å². The zero-order valence-electron chi connectivity index (χ0n) is 47.9. The summed E-state index contributed by atoms with van der Waals surface area (Å²) < 4.78 is 2.29. The number of rotatable bonds is 23. The molecule has 1 heterocycles. The topological polar surface area (TPSA) is 175 Å². The highest BCUT2D eigenvalue weighted by molar-refractivity contribution is 6.13. The minimum absolute atomic E-state index is 0.0773. The zero-order chi connectivity index (χ0) is 57.0. The molecule has 12 nitrogen and oxygen atoms in total. The van der Waals surface area contributed by atoms with Crippen molar-refractivity contribution < 1.29 is 14.2 Å². The van der Waals surface area contributed by atoms with Gasteiger partial charge in [0, 0.05) is 89.5 Å². The van der Waals surface area contributed by atoms with Gasteiger partial charge in [-0.1, -0.05) is 92.9 Å². The molecule has 0 radical (unpaired) electrons. The fourth-order valence-electron chi connectivity index (χ4n) is 10.3. The first-order valence-corrected chi connectivity index (χ1v) is 28.5. The Morgan fingerprint density at radius 2 is 1.05 bits per heavy atom. The number of aromatic nitrogens is 2. The number of amides is 2. The van der Waals surface area contributed by atoms with E-state index >= 15 is 0 Å². The molecule has 81 heavy (non-hydrogen) atoms. The van der Waals surface area contributed by atoms with Crippen LogP contribution >= 0.6 is 0 Å². The second kappa shape index (κ2) is 26.3. The summed E-state index contributed by atoms with van der Waals surface area (Å²) in [4.78, 5) is 36.2. The third-order valence-electron chi connectivity index (χ3n) is 15.3. The number of hydrogen-bond acceptors (Lipinski definition) is 9. The van der Waals surface area contributed by atoms with Crippen molar-refractivity contribution in [2.75, 3.05) is 48.3 Å². The highest BCUT2D eigenvalue weighted by Gasteiger charge is 2.24. The maximum Gasteiger partial charge on any atom is 0.251 e. The van der Waals surface area contributed by atoms with Gasteiger partial charge in [-0.2, -0.15) is 0 Å². The minimum atomic E-state index is -0.0797. The van der Waals surface area contributed by atoms with E-state index in [1.54, 1.807) is 0 Å². The van der Waals surface area contributed by atoms with E-state index in [1.807, 2.05) is 92.7 Å². The van der Waals surface area contributed by atoms with E-state index in [4.69, 9.17) is 21.4 Å². The first-order chi connectivity index (χ1) is 39.2. The van der Waals surface area contributed by atoms with Gasteiger partial charge in [-0.15, -0.1) is 4.57 Å². The van der Waals surface area contributed by atoms with E-state index in [0.717, 1.165) is 177 Å². The van der Waals surface area contributed by atoms with E-state index in [2.05, 4.69) is 132 Å². The molecule has 7 aromatic carbocycles. The quantitative estimate of drug-likeness (QED) is 0.0143. The van der Waals surface area contributed by atoms with Gasteiger partial charge in [-0.25, -0.2) is 9.98 Å². The molecule has 2 amide bonds. The molecule has 0 bridgehead atoms. The molecule has 9 rings (SSSR count). The molecule has 12 heteroatoms. The second-order valence-corrected chi connectivity index (χ2v) is 21.5. The fraction of sp³-hybridized carbons (Fsp3) is 0.261. The van der Waals surface area contributed by atoms with Crippen LogP contribution in [0.5, 0.6) is 0 Å². The number of allylic oxidation sites excluding steroid dienone is 4. The van der Waals surface area contributed by atoms with Crippen molar-refractivity contribution in [1.82, 2.24) is 20.9 Å². The summed E-state index contributed by atoms with van der Waals surface area (Å²) >= 11 is 0. The molecule has 1 aromatic heterocycles. The Balaban J connectivity index is 0.649. The van der Waals surface area contributed by atoms with Crippen molar-refractivity contribution in [3.8, 4) is 16.8 Å². The normalized spacial score (nSPS) is 12.8. The predicted octanol–water partition coefficient (Wildman–Crippen LogP) is 14.2. The third kappa shape index (κ3) is 14.1. The van der Waals surface area contributed by atoms with E-state index < -0.39 is 0 Å². The average Bonchev–Trinajstić information content (AvgIpc) is 3.59. The van der Waals surface area contributed by atoms with Crippen molar-refractivity contribution >= 4 is 73.7 Å². The lowest BCUT2D eigenvalue weighted by molar-refractivity contribution is -0.538. The molecule has 0 saturated heterocycles. The van der Waals surface area contributed by atoms with Crippen LogP contribution < -0.4 is 42.6 Å². The van der Waals surface area contributed by atoms with Gasteiger partial charge in [0.15, 0.2) is 0 Å². The number of unbranched alkanes of at least 4 members (excludes halogenated alkanes) is 6. The number of nitrogens with one attached hydrogen (secondary N) is 5. The molecule has 1 aliphatic carbocycles. The van der Waals surface area contributed by atoms with Crippen LogP contribution in [0.15, 0.2) is 174 Å². The molecule has 0 fully saturated rings. The lowest BCUT2D eigenvalue weighted by atomic mass is 9.98. The van der Waals surface area contributed by atoms with Crippen molar-refractivity contribution in [3.05, 3.63) is 208 Å². The smallest absolute Gasteiger partial charge is 0.251 e. The van der Waals surface area contributed by atoms with Crippen LogP contribution in [-0.2, 0) is 0 Å². The predicted molar refractivity (Wildman–Crippen MR) is 338 cm³/mol. The number of nitrogens with zero attached hydrogens (tertiary/aromatic N) is 3. The van der Waals surface area contributed by atoms with Crippen LogP contribution in [0.2, 0.25) is 0 Å². The summed E-state index contributed by atoms with van der Waals surface area (Å²) in [5.41, 5.74) is 35.4. The van der Waals surface area contributed by atoms with Crippen molar-refractivity contribution in [3.63, 3.8) is 0 Å². The van der Waals surface area contributed by atoms with Crippen LogP contribution in [0, 0.1) is 34.6 Å². The summed E-state index contributed by atoms with van der Waals surface area (Å²) in [5.74, 6) is -0.157. The van der Waals surface area contributed by atoms with E-state index in [9.17, 15) is 9.59 Å². The highest BCUT2D eigenvalue weighted by atomic mass is 16.2. The first kappa shape index (κ1) is 56.7. The van der Waals surface area contributed by atoms with E-state index in [1.165, 1.54) is 5.56 Å². The van der Waals surface area contributed by atoms with E-state index in [-0.39, 0.29) is 11.8 Å². The van der Waals surface area contributed by atoms with Gasteiger partial charge in [-0.05, 0) is 179 Å². The van der Waals surface area contributed by atoms with E-state index in [0.29, 0.717) is 29.9 Å². The Morgan fingerprint density at radius 3 is 1.67 bits per heavy atom. The van der Waals surface area contributed by atoms with Crippen LogP contribution in [-0.4, -0.2) is 48.7 Å². The van der Waals surface area contributed by atoms with Crippen LogP contribution in [0.4, 0.5) is 34.1 Å². The molecule has 1 aliphatic rings. The summed E-state index contributed by atoms with van der Waals surface area (Å²) in [6, 6.07) is 44.3. The Kier molecular flexibility index (Phi) is 18.4. The Hall–Kier alpha value is -9.03. The van der Waals surface area contributed by atoms with Gasteiger partial charge in [0.25, 0.3) is 11.8 Å². The Morgan fingerprint density at radius 1 is 0.519 bits per heavy atom. The number of benzene rings is 7. The van der Waals surface area contributed by atoms with Crippen molar-refractivity contribution in [2.24, 2.45) is 4.99 Å². The van der Waals surface area contributed by atoms with Gasteiger partial charge in [0.2, 0.25) is 16.7 Å². The molecule has 8 aromatic rings. The maximum atomic E-state index is 13.0. The maximum absolute atomic E-state index is 13.0. The number of aryl methyl sites for hydroxylation is 5. The van der Waals surface area contributed by atoms with Crippen LogP contribution in [0.1, 0.15) is 107 Å². The Bertz CT molecular complexity index is 3720. The summed E-state index contributed by atoms with van der Waals surface area (Å²) in [6.07, 6.45) is 12.1. The molecule has 0 spiro atoms.